The fourth-order valence-electron chi connectivity index (χ4n) is 2.22. The van der Waals surface area contributed by atoms with E-state index in [9.17, 15) is 9.90 Å². The Balaban J connectivity index is 2.12. The highest BCUT2D eigenvalue weighted by Gasteiger charge is 2.30. The van der Waals surface area contributed by atoms with Crippen molar-refractivity contribution >= 4 is 11.6 Å². The molecule has 1 aromatic carbocycles. The largest absolute Gasteiger partial charge is 0.495 e. The van der Waals surface area contributed by atoms with Crippen molar-refractivity contribution in [2.75, 3.05) is 25.9 Å². The molecule has 19 heavy (non-hydrogen) atoms. The van der Waals surface area contributed by atoms with E-state index in [1.807, 2.05) is 0 Å². The number of piperidine rings is 1. The highest BCUT2D eigenvalue weighted by molar-refractivity contribution is 5.95. The summed E-state index contributed by atoms with van der Waals surface area (Å²) in [4.78, 5) is 14.1. The molecule has 1 aromatic rings. The highest BCUT2D eigenvalue weighted by atomic mass is 16.5. The number of nitrogens with two attached hydrogens (primary N) is 1. The molecule has 0 spiro atoms. The second kappa shape index (κ2) is 5.09. The Kier molecular flexibility index (Phi) is 3.66. The van der Waals surface area contributed by atoms with Crippen LogP contribution in [0.5, 0.6) is 5.75 Å². The Morgan fingerprint density at radius 2 is 2.05 bits per heavy atom. The molecule has 1 fully saturated rings. The van der Waals surface area contributed by atoms with E-state index in [4.69, 9.17) is 10.5 Å². The summed E-state index contributed by atoms with van der Waals surface area (Å²) in [5.41, 5.74) is 6.15. The van der Waals surface area contributed by atoms with Crippen LogP contribution in [0, 0.1) is 0 Å². The molecule has 1 aliphatic heterocycles. The van der Waals surface area contributed by atoms with Crippen LogP contribution >= 0.6 is 0 Å². The van der Waals surface area contributed by atoms with E-state index < -0.39 is 5.60 Å². The van der Waals surface area contributed by atoms with Crippen LogP contribution in [0.3, 0.4) is 0 Å². The zero-order valence-corrected chi connectivity index (χ0v) is 11.3. The van der Waals surface area contributed by atoms with Crippen LogP contribution in [-0.2, 0) is 0 Å². The molecule has 5 heteroatoms. The lowest BCUT2D eigenvalue weighted by Gasteiger charge is -2.35. The van der Waals surface area contributed by atoms with Gasteiger partial charge in [0.05, 0.1) is 18.4 Å². The van der Waals surface area contributed by atoms with Gasteiger partial charge in [-0.2, -0.15) is 0 Å². The minimum atomic E-state index is -0.657. The van der Waals surface area contributed by atoms with E-state index in [2.05, 4.69) is 0 Å². The molecule has 104 valence electrons. The normalized spacial score (nSPS) is 18.2. The van der Waals surface area contributed by atoms with Gasteiger partial charge < -0.3 is 20.5 Å². The molecule has 0 bridgehead atoms. The number of hydrogen-bond acceptors (Lipinski definition) is 4. The highest BCUT2D eigenvalue weighted by Crippen LogP contribution is 2.25. The van der Waals surface area contributed by atoms with Gasteiger partial charge in [0.15, 0.2) is 0 Å². The summed E-state index contributed by atoms with van der Waals surface area (Å²) in [6.45, 7) is 2.94. The standard InChI is InChI=1S/C14H20N2O3/c1-14(18)5-7-16(8-6-14)13(17)10-3-4-11(15)12(9-10)19-2/h3-4,9,18H,5-8,15H2,1-2H3. The van der Waals surface area contributed by atoms with Crippen molar-refractivity contribution in [3.63, 3.8) is 0 Å². The van der Waals surface area contributed by atoms with Gasteiger partial charge in [-0.15, -0.1) is 0 Å². The number of methoxy groups -OCH3 is 1. The Morgan fingerprint density at radius 1 is 1.42 bits per heavy atom. The number of carbonyl (C=O) groups is 1. The minimum absolute atomic E-state index is 0.0474. The van der Waals surface area contributed by atoms with Gasteiger partial charge in [-0.05, 0) is 38.0 Å². The summed E-state index contributed by atoms with van der Waals surface area (Å²) in [6.07, 6.45) is 1.20. The first-order chi connectivity index (χ1) is 8.93. The van der Waals surface area contributed by atoms with Crippen LogP contribution in [-0.4, -0.2) is 41.7 Å². The zero-order valence-electron chi connectivity index (χ0n) is 11.3. The van der Waals surface area contributed by atoms with Gasteiger partial charge in [-0.1, -0.05) is 0 Å². The first-order valence-electron chi connectivity index (χ1n) is 6.38. The third-order valence-corrected chi connectivity index (χ3v) is 3.61. The smallest absolute Gasteiger partial charge is 0.253 e. The summed E-state index contributed by atoms with van der Waals surface area (Å²) in [5, 5.41) is 9.89. The van der Waals surface area contributed by atoms with Crippen LogP contribution in [0.2, 0.25) is 0 Å². The Labute approximate surface area is 113 Å². The molecule has 1 heterocycles. The van der Waals surface area contributed by atoms with Crippen molar-refractivity contribution in [1.82, 2.24) is 4.90 Å². The third-order valence-electron chi connectivity index (χ3n) is 3.61. The minimum Gasteiger partial charge on any atom is -0.495 e. The van der Waals surface area contributed by atoms with Crippen molar-refractivity contribution in [2.24, 2.45) is 0 Å². The summed E-state index contributed by atoms with van der Waals surface area (Å²) in [7, 11) is 1.53. The molecule has 0 saturated carbocycles. The third kappa shape index (κ3) is 2.98. The first kappa shape index (κ1) is 13.7. The summed E-state index contributed by atoms with van der Waals surface area (Å²) >= 11 is 0. The second-order valence-electron chi connectivity index (χ2n) is 5.25. The van der Waals surface area contributed by atoms with Crippen LogP contribution in [0.15, 0.2) is 18.2 Å². The van der Waals surface area contributed by atoms with Crippen LogP contribution in [0.4, 0.5) is 5.69 Å². The van der Waals surface area contributed by atoms with Gasteiger partial charge in [-0.25, -0.2) is 0 Å². The predicted octanol–water partition coefficient (Wildman–Crippen LogP) is 1.26. The molecular weight excluding hydrogens is 244 g/mol. The van der Waals surface area contributed by atoms with E-state index in [1.165, 1.54) is 7.11 Å². The zero-order chi connectivity index (χ0) is 14.0. The molecule has 1 aliphatic rings. The Morgan fingerprint density at radius 3 is 2.63 bits per heavy atom. The maximum absolute atomic E-state index is 12.3. The molecular formula is C14H20N2O3. The molecule has 2 rings (SSSR count). The van der Waals surface area contributed by atoms with E-state index in [0.29, 0.717) is 42.9 Å². The fourth-order valence-corrected chi connectivity index (χ4v) is 2.22. The summed E-state index contributed by atoms with van der Waals surface area (Å²) in [6, 6.07) is 5.03. The summed E-state index contributed by atoms with van der Waals surface area (Å²) < 4.78 is 5.12. The number of likely N-dealkylation sites (tertiary alicyclic amines) is 1. The van der Waals surface area contributed by atoms with Gasteiger partial charge in [-0.3, -0.25) is 4.79 Å². The topological polar surface area (TPSA) is 75.8 Å². The lowest BCUT2D eigenvalue weighted by molar-refractivity contribution is -0.00203. The molecule has 3 N–H and O–H groups in total. The number of ether oxygens (including phenoxy) is 1. The van der Waals surface area contributed by atoms with E-state index in [-0.39, 0.29) is 5.91 Å². The molecule has 5 nitrogen and oxygen atoms in total. The van der Waals surface area contributed by atoms with Crippen LogP contribution in [0.1, 0.15) is 30.1 Å². The van der Waals surface area contributed by atoms with Crippen molar-refractivity contribution in [1.29, 1.82) is 0 Å². The molecule has 0 atom stereocenters. The number of anilines is 1. The molecule has 0 unspecified atom stereocenters. The quantitative estimate of drug-likeness (QED) is 0.789. The lowest BCUT2D eigenvalue weighted by atomic mass is 9.93. The number of rotatable bonds is 2. The number of nitrogen functional groups attached to an aromatic ring is 1. The SMILES string of the molecule is COc1cc(C(=O)N2CCC(C)(O)CC2)ccc1N. The number of nitrogens with zero attached hydrogens (tertiary/aromatic N) is 1. The summed E-state index contributed by atoms with van der Waals surface area (Å²) in [5.74, 6) is 0.462. The van der Waals surface area contributed by atoms with Crippen LogP contribution < -0.4 is 10.5 Å². The monoisotopic (exact) mass is 264 g/mol. The fraction of sp³-hybridized carbons (Fsp3) is 0.500. The number of hydrogen-bond donors (Lipinski definition) is 2. The number of benzene rings is 1. The van der Waals surface area contributed by atoms with Crippen molar-refractivity contribution < 1.29 is 14.6 Å². The molecule has 0 aromatic heterocycles. The Bertz CT molecular complexity index is 476. The molecule has 1 amide bonds. The van der Waals surface area contributed by atoms with Gasteiger partial charge in [0.1, 0.15) is 5.75 Å². The molecule has 1 saturated heterocycles. The van der Waals surface area contributed by atoms with Crippen LogP contribution in [0.25, 0.3) is 0 Å². The lowest BCUT2D eigenvalue weighted by Crippen LogP contribution is -2.45. The number of aliphatic hydroxyl groups is 1. The molecule has 0 radical (unpaired) electrons. The molecule has 0 aliphatic carbocycles. The van der Waals surface area contributed by atoms with Gasteiger partial charge >= 0.3 is 0 Å². The average Bonchev–Trinajstić information content (AvgIpc) is 2.38. The second-order valence-corrected chi connectivity index (χ2v) is 5.25. The van der Waals surface area contributed by atoms with Gasteiger partial charge in [0.2, 0.25) is 0 Å². The van der Waals surface area contributed by atoms with Gasteiger partial charge in [0.25, 0.3) is 5.91 Å². The average molecular weight is 264 g/mol. The predicted molar refractivity (Wildman–Crippen MR) is 73.2 cm³/mol. The van der Waals surface area contributed by atoms with Crippen molar-refractivity contribution in [2.45, 2.75) is 25.4 Å². The van der Waals surface area contributed by atoms with E-state index in [0.717, 1.165) is 0 Å². The maximum Gasteiger partial charge on any atom is 0.253 e. The van der Waals surface area contributed by atoms with Crippen molar-refractivity contribution in [3.8, 4) is 5.75 Å². The van der Waals surface area contributed by atoms with E-state index >= 15 is 0 Å². The van der Waals surface area contributed by atoms with Crippen molar-refractivity contribution in [3.05, 3.63) is 23.8 Å². The maximum atomic E-state index is 12.3. The first-order valence-corrected chi connectivity index (χ1v) is 6.38. The van der Waals surface area contributed by atoms with E-state index in [1.54, 1.807) is 30.0 Å². The number of carbonyl (C=O) groups excluding carboxylic acids is 1. The van der Waals surface area contributed by atoms with Gasteiger partial charge in [0, 0.05) is 18.7 Å². The Hall–Kier alpha value is -1.75. The number of amides is 1.